The van der Waals surface area contributed by atoms with Crippen molar-refractivity contribution in [2.45, 2.75) is 64.2 Å². The van der Waals surface area contributed by atoms with Crippen LogP contribution in [0.15, 0.2) is 231 Å². The maximum atomic E-state index is 2.50. The topological polar surface area (TPSA) is 6.48 Å². The summed E-state index contributed by atoms with van der Waals surface area (Å²) in [6.45, 7) is 7.01. The molecular formula is C68H58N2. The lowest BCUT2D eigenvalue weighted by Gasteiger charge is -2.30. The quantitative estimate of drug-likeness (QED) is 0.135. The van der Waals surface area contributed by atoms with Gasteiger partial charge in [0.05, 0.1) is 5.69 Å². The van der Waals surface area contributed by atoms with Gasteiger partial charge in [-0.05, 0) is 177 Å². The lowest BCUT2D eigenvalue weighted by molar-refractivity contribution is 0.443. The van der Waals surface area contributed by atoms with Crippen molar-refractivity contribution in [3.8, 4) is 44.5 Å². The Hall–Kier alpha value is -7.94. The lowest BCUT2D eigenvalue weighted by Crippen LogP contribution is -2.17. The van der Waals surface area contributed by atoms with Crippen molar-refractivity contribution in [3.05, 3.63) is 253 Å². The molecular weight excluding hydrogens is 845 g/mol. The van der Waals surface area contributed by atoms with Crippen molar-refractivity contribution in [3.63, 3.8) is 0 Å². The van der Waals surface area contributed by atoms with Gasteiger partial charge in [-0.25, -0.2) is 0 Å². The molecule has 10 aromatic carbocycles. The Morgan fingerprint density at radius 1 is 0.371 bits per heavy atom. The SMILES string of the molecule is Cc1cccc2c1-c1ccc(N(c3cccc(-c4cccc(-c5ccc(N(c6ccccc6)c6ccc(C7CCCCC7)cc6)cc5)c4)c3)c3cc4ccccc4cc3-c3ccccc3)cc1C2(C)C. The van der Waals surface area contributed by atoms with E-state index in [2.05, 4.69) is 261 Å². The predicted molar refractivity (Wildman–Crippen MR) is 298 cm³/mol. The van der Waals surface area contributed by atoms with Crippen molar-refractivity contribution < 1.29 is 0 Å². The summed E-state index contributed by atoms with van der Waals surface area (Å²) >= 11 is 0. The zero-order chi connectivity index (χ0) is 47.2. The number of para-hydroxylation sites is 1. The van der Waals surface area contributed by atoms with Crippen LogP contribution < -0.4 is 9.80 Å². The third-order valence-corrected chi connectivity index (χ3v) is 15.3. The molecule has 340 valence electrons. The molecule has 2 aliphatic carbocycles. The minimum absolute atomic E-state index is 0.149. The van der Waals surface area contributed by atoms with Gasteiger partial charge >= 0.3 is 0 Å². The number of nitrogens with zero attached hydrogens (tertiary/aromatic N) is 2. The van der Waals surface area contributed by atoms with Gasteiger partial charge in [0, 0.05) is 39.4 Å². The van der Waals surface area contributed by atoms with Crippen LogP contribution in [0.3, 0.4) is 0 Å². The summed E-state index contributed by atoms with van der Waals surface area (Å²) in [5, 5.41) is 2.43. The average molecular weight is 903 g/mol. The van der Waals surface area contributed by atoms with Gasteiger partial charge in [0.25, 0.3) is 0 Å². The number of fused-ring (bicyclic) bond motifs is 4. The number of rotatable bonds is 10. The Morgan fingerprint density at radius 3 is 1.64 bits per heavy atom. The molecule has 1 fully saturated rings. The highest BCUT2D eigenvalue weighted by molar-refractivity contribution is 5.99. The summed E-state index contributed by atoms with van der Waals surface area (Å²) in [7, 11) is 0. The largest absolute Gasteiger partial charge is 0.311 e. The van der Waals surface area contributed by atoms with Crippen LogP contribution in [0.4, 0.5) is 34.1 Å². The molecule has 0 atom stereocenters. The first-order valence-corrected chi connectivity index (χ1v) is 25.3. The van der Waals surface area contributed by atoms with E-state index in [9.17, 15) is 0 Å². The lowest BCUT2D eigenvalue weighted by atomic mass is 9.82. The van der Waals surface area contributed by atoms with E-state index < -0.39 is 0 Å². The summed E-state index contributed by atoms with van der Waals surface area (Å²) in [6, 6.07) is 85.7. The Bertz CT molecular complexity index is 3490. The minimum Gasteiger partial charge on any atom is -0.311 e. The smallest absolute Gasteiger partial charge is 0.0546 e. The van der Waals surface area contributed by atoms with Gasteiger partial charge in [0.15, 0.2) is 0 Å². The summed E-state index contributed by atoms with van der Waals surface area (Å²) in [4.78, 5) is 4.87. The Labute approximate surface area is 414 Å². The standard InChI is InChI=1S/C68H58N2/c1-47-18-15-31-64-67(47)62-41-40-61(46-65(62)68(64,2)3)70(66-45-56-24-14-13-23-55(56)44-63(66)51-21-9-5-10-22-51)60-30-17-27-54(43-60)53-26-16-25-52(42-53)50-34-38-59(39-35-50)69(57-28-11-6-12-29-57)58-36-32-49(33-37-58)48-19-7-4-8-20-48/h5-6,9-18,21-46,48H,4,7-8,19-20H2,1-3H3. The minimum atomic E-state index is -0.149. The second kappa shape index (κ2) is 18.2. The fraction of sp³-hybridized carbons (Fsp3) is 0.147. The fourth-order valence-corrected chi connectivity index (χ4v) is 11.6. The van der Waals surface area contributed by atoms with E-state index in [-0.39, 0.29) is 5.41 Å². The van der Waals surface area contributed by atoms with Crippen molar-refractivity contribution in [1.82, 2.24) is 0 Å². The molecule has 1 saturated carbocycles. The second-order valence-electron chi connectivity index (χ2n) is 20.0. The number of aryl methyl sites for hydroxylation is 1. The monoisotopic (exact) mass is 902 g/mol. The number of benzene rings is 10. The van der Waals surface area contributed by atoms with Crippen LogP contribution in [0.5, 0.6) is 0 Å². The third-order valence-electron chi connectivity index (χ3n) is 15.3. The van der Waals surface area contributed by atoms with E-state index in [0.29, 0.717) is 5.92 Å². The zero-order valence-electron chi connectivity index (χ0n) is 40.4. The van der Waals surface area contributed by atoms with Crippen LogP contribution in [0, 0.1) is 6.92 Å². The maximum Gasteiger partial charge on any atom is 0.0546 e. The summed E-state index contributed by atoms with van der Waals surface area (Å²) in [5.74, 6) is 0.682. The van der Waals surface area contributed by atoms with Crippen molar-refractivity contribution in [2.75, 3.05) is 9.80 Å². The van der Waals surface area contributed by atoms with Crippen LogP contribution >= 0.6 is 0 Å². The number of anilines is 6. The highest BCUT2D eigenvalue weighted by Crippen LogP contribution is 2.53. The Balaban J connectivity index is 0.930. The van der Waals surface area contributed by atoms with Gasteiger partial charge in [-0.15, -0.1) is 0 Å². The van der Waals surface area contributed by atoms with Crippen LogP contribution in [-0.4, -0.2) is 0 Å². The molecule has 0 bridgehead atoms. The molecule has 0 saturated heterocycles. The third kappa shape index (κ3) is 7.98. The molecule has 10 aromatic rings. The highest BCUT2D eigenvalue weighted by atomic mass is 15.1. The summed E-state index contributed by atoms with van der Waals surface area (Å²) < 4.78 is 0. The molecule has 70 heavy (non-hydrogen) atoms. The van der Waals surface area contributed by atoms with Crippen LogP contribution in [0.25, 0.3) is 55.3 Å². The summed E-state index contributed by atoms with van der Waals surface area (Å²) in [6.07, 6.45) is 6.67. The second-order valence-corrected chi connectivity index (χ2v) is 20.0. The van der Waals surface area contributed by atoms with Gasteiger partial charge in [-0.1, -0.05) is 185 Å². The molecule has 0 amide bonds. The van der Waals surface area contributed by atoms with Crippen molar-refractivity contribution in [2.24, 2.45) is 0 Å². The van der Waals surface area contributed by atoms with Gasteiger partial charge in [-0.3, -0.25) is 0 Å². The van der Waals surface area contributed by atoms with Gasteiger partial charge in [-0.2, -0.15) is 0 Å². The van der Waals surface area contributed by atoms with Crippen molar-refractivity contribution in [1.29, 1.82) is 0 Å². The molecule has 0 aromatic heterocycles. The first-order valence-electron chi connectivity index (χ1n) is 25.3. The molecule has 0 N–H and O–H groups in total. The van der Waals surface area contributed by atoms with Crippen LogP contribution in [0.2, 0.25) is 0 Å². The van der Waals surface area contributed by atoms with E-state index >= 15 is 0 Å². The van der Waals surface area contributed by atoms with E-state index in [1.54, 1.807) is 0 Å². The molecule has 2 nitrogen and oxygen atoms in total. The van der Waals surface area contributed by atoms with E-state index in [1.807, 2.05) is 0 Å². The van der Waals surface area contributed by atoms with Gasteiger partial charge < -0.3 is 9.80 Å². The average Bonchev–Trinajstić information content (AvgIpc) is 3.65. The molecule has 2 aliphatic rings. The predicted octanol–water partition coefficient (Wildman–Crippen LogP) is 19.4. The molecule has 2 heteroatoms. The van der Waals surface area contributed by atoms with Gasteiger partial charge in [0.1, 0.15) is 0 Å². The number of hydrogen-bond acceptors (Lipinski definition) is 2. The molecule has 12 rings (SSSR count). The maximum absolute atomic E-state index is 2.50. The number of hydrogen-bond donors (Lipinski definition) is 0. The fourth-order valence-electron chi connectivity index (χ4n) is 11.6. The molecule has 0 heterocycles. The van der Waals surface area contributed by atoms with Crippen LogP contribution in [0.1, 0.15) is 74.1 Å². The highest BCUT2D eigenvalue weighted by Gasteiger charge is 2.37. The zero-order valence-corrected chi connectivity index (χ0v) is 40.4. The van der Waals surface area contributed by atoms with E-state index in [1.165, 1.54) is 115 Å². The van der Waals surface area contributed by atoms with E-state index in [4.69, 9.17) is 0 Å². The van der Waals surface area contributed by atoms with Crippen molar-refractivity contribution >= 4 is 44.9 Å². The first kappa shape index (κ1) is 43.3. The normalized spacial score (nSPS) is 14.0. The summed E-state index contributed by atoms with van der Waals surface area (Å²) in [5.41, 5.74) is 22.1. The van der Waals surface area contributed by atoms with E-state index in [0.717, 1.165) is 28.4 Å². The Morgan fingerprint density at radius 2 is 0.914 bits per heavy atom. The van der Waals surface area contributed by atoms with Gasteiger partial charge in [0.2, 0.25) is 0 Å². The molecule has 0 unspecified atom stereocenters. The molecule has 0 aliphatic heterocycles. The van der Waals surface area contributed by atoms with Crippen LogP contribution in [-0.2, 0) is 5.41 Å². The first-order chi connectivity index (χ1) is 34.4. The Kier molecular flexibility index (Phi) is 11.3. The molecule has 0 radical (unpaired) electrons. The molecule has 0 spiro atoms.